The number of halogens is 1. The molecular weight excluding hydrogens is 575 g/mol. The molecule has 0 spiro atoms. The average Bonchev–Trinajstić information content (AvgIpc) is 3.78. The van der Waals surface area contributed by atoms with E-state index < -0.39 is 0 Å². The van der Waals surface area contributed by atoms with Gasteiger partial charge in [-0.2, -0.15) is 0 Å². The van der Waals surface area contributed by atoms with Gasteiger partial charge >= 0.3 is 0 Å². The molecular formula is C39H49FN4O2. The van der Waals surface area contributed by atoms with Crippen LogP contribution in [0.4, 0.5) is 4.39 Å². The maximum Gasteiger partial charge on any atom is 0.223 e. The van der Waals surface area contributed by atoms with E-state index in [1.165, 1.54) is 47.9 Å². The fourth-order valence-corrected chi connectivity index (χ4v) is 5.80. The van der Waals surface area contributed by atoms with Gasteiger partial charge in [-0.3, -0.25) is 4.79 Å². The molecule has 3 aromatic carbocycles. The summed E-state index contributed by atoms with van der Waals surface area (Å²) in [6.07, 6.45) is 13.0. The van der Waals surface area contributed by atoms with Crippen molar-refractivity contribution in [2.45, 2.75) is 78.2 Å². The second kappa shape index (κ2) is 16.3. The van der Waals surface area contributed by atoms with Gasteiger partial charge in [-0.25, -0.2) is 4.39 Å². The lowest BCUT2D eigenvalue weighted by atomic mass is 9.91. The summed E-state index contributed by atoms with van der Waals surface area (Å²) in [7, 11) is 0. The third kappa shape index (κ3) is 9.15. The zero-order valence-corrected chi connectivity index (χ0v) is 27.7. The Bertz CT molecular complexity index is 1550. The van der Waals surface area contributed by atoms with E-state index in [0.29, 0.717) is 13.0 Å². The molecule has 2 aliphatic heterocycles. The number of nitrogens with zero attached hydrogens (tertiary/aromatic N) is 2. The van der Waals surface area contributed by atoms with Gasteiger partial charge < -0.3 is 24.8 Å². The summed E-state index contributed by atoms with van der Waals surface area (Å²) in [6, 6.07) is 21.2. The van der Waals surface area contributed by atoms with Crippen LogP contribution in [0.15, 0.2) is 79.1 Å². The highest BCUT2D eigenvalue weighted by Crippen LogP contribution is 2.39. The van der Waals surface area contributed by atoms with Crippen molar-refractivity contribution in [3.05, 3.63) is 113 Å². The summed E-state index contributed by atoms with van der Waals surface area (Å²) in [5.74, 6) is 0.934. The molecule has 0 saturated heterocycles. The predicted molar refractivity (Wildman–Crippen MR) is 185 cm³/mol. The van der Waals surface area contributed by atoms with Crippen molar-refractivity contribution in [1.29, 1.82) is 0 Å². The van der Waals surface area contributed by atoms with Crippen LogP contribution in [0.3, 0.4) is 0 Å². The van der Waals surface area contributed by atoms with Crippen LogP contribution in [0.25, 0.3) is 10.9 Å². The summed E-state index contributed by atoms with van der Waals surface area (Å²) in [5.41, 5.74) is 7.12. The molecule has 244 valence electrons. The van der Waals surface area contributed by atoms with E-state index in [-0.39, 0.29) is 17.8 Å². The Labute approximate surface area is 273 Å². The number of aromatic nitrogens is 1. The Morgan fingerprint density at radius 3 is 2.35 bits per heavy atom. The minimum atomic E-state index is -0.171. The van der Waals surface area contributed by atoms with Crippen molar-refractivity contribution in [2.75, 3.05) is 26.4 Å². The third-order valence-corrected chi connectivity index (χ3v) is 8.43. The quantitative estimate of drug-likeness (QED) is 0.183. The van der Waals surface area contributed by atoms with Gasteiger partial charge in [0.05, 0.1) is 19.3 Å². The standard InChI is InChI=1S/C29H36N4O2.C7H7F.C3H6/c1-3-6-27(34)33-16-13-24-25-19-21(2)7-12-26(25)31-28(24)29(33)22-8-10-23(11-9-22)35-18-5-4-15-32-17-14-30-20-32;1-6-2-4-7(8)5-3-6;1-2-3-1/h7-12,14,17,19,29-31H,3-6,13,15-16,18,20H2,1-2H3;2-5H,1H3;1-3H2. The van der Waals surface area contributed by atoms with Crippen molar-refractivity contribution >= 4 is 16.8 Å². The van der Waals surface area contributed by atoms with Crippen LogP contribution < -0.4 is 10.1 Å². The number of nitrogens with one attached hydrogen (secondary N) is 2. The van der Waals surface area contributed by atoms with Gasteiger partial charge in [0.15, 0.2) is 0 Å². The predicted octanol–water partition coefficient (Wildman–Crippen LogP) is 8.55. The maximum absolute atomic E-state index is 13.1. The number of ether oxygens (including phenoxy) is 1. The molecule has 1 unspecified atom stereocenters. The lowest BCUT2D eigenvalue weighted by molar-refractivity contribution is -0.133. The molecule has 6 nitrogen and oxygen atoms in total. The minimum absolute atomic E-state index is 0.0957. The lowest BCUT2D eigenvalue weighted by Crippen LogP contribution is -2.40. The van der Waals surface area contributed by atoms with E-state index in [0.717, 1.165) is 73.5 Å². The number of carbonyl (C=O) groups is 1. The van der Waals surface area contributed by atoms with Crippen molar-refractivity contribution in [2.24, 2.45) is 0 Å². The fourth-order valence-electron chi connectivity index (χ4n) is 5.80. The molecule has 1 amide bonds. The topological polar surface area (TPSA) is 60.6 Å². The normalized spacial score (nSPS) is 16.1. The Balaban J connectivity index is 0.000000319. The minimum Gasteiger partial charge on any atom is -0.494 e. The number of carbonyl (C=O) groups excluding carboxylic acids is 1. The summed E-state index contributed by atoms with van der Waals surface area (Å²) >= 11 is 0. The van der Waals surface area contributed by atoms with Gasteiger partial charge in [-0.1, -0.05) is 67.6 Å². The summed E-state index contributed by atoms with van der Waals surface area (Å²) in [6.45, 7) is 9.53. The second-order valence-corrected chi connectivity index (χ2v) is 12.5. The van der Waals surface area contributed by atoms with Crippen LogP contribution in [0.1, 0.15) is 85.9 Å². The van der Waals surface area contributed by atoms with Crippen molar-refractivity contribution in [3.8, 4) is 5.75 Å². The van der Waals surface area contributed by atoms with E-state index in [4.69, 9.17) is 4.74 Å². The number of hydrogen-bond donors (Lipinski definition) is 2. The number of unbranched alkanes of at least 4 members (excludes halogenated alkanes) is 1. The average molecular weight is 625 g/mol. The molecule has 3 heterocycles. The number of benzene rings is 3. The van der Waals surface area contributed by atoms with Crippen LogP contribution >= 0.6 is 0 Å². The largest absolute Gasteiger partial charge is 0.494 e. The van der Waals surface area contributed by atoms with E-state index in [9.17, 15) is 9.18 Å². The first-order valence-electron chi connectivity index (χ1n) is 16.9. The number of H-pyrrole nitrogens is 1. The Morgan fingerprint density at radius 2 is 1.70 bits per heavy atom. The van der Waals surface area contributed by atoms with Gasteiger partial charge in [-0.05, 0) is 87.1 Å². The zero-order chi connectivity index (χ0) is 32.3. The molecule has 3 aliphatic rings. The molecule has 1 atom stereocenters. The summed E-state index contributed by atoms with van der Waals surface area (Å²) in [4.78, 5) is 21.1. The van der Waals surface area contributed by atoms with Crippen LogP contribution in [0, 0.1) is 19.7 Å². The molecule has 2 N–H and O–H groups in total. The van der Waals surface area contributed by atoms with Gasteiger partial charge in [0.2, 0.25) is 5.91 Å². The molecule has 1 saturated carbocycles. The third-order valence-electron chi connectivity index (χ3n) is 8.43. The number of rotatable bonds is 9. The number of amides is 1. The molecule has 1 aromatic heterocycles. The van der Waals surface area contributed by atoms with Crippen LogP contribution in [0.2, 0.25) is 0 Å². The van der Waals surface area contributed by atoms with Crippen LogP contribution in [-0.4, -0.2) is 47.1 Å². The molecule has 1 fully saturated rings. The van der Waals surface area contributed by atoms with Gasteiger partial charge in [0.25, 0.3) is 0 Å². The first-order chi connectivity index (χ1) is 22.4. The fraction of sp³-hybridized carbons (Fsp3) is 0.410. The molecule has 4 aromatic rings. The number of aryl methyl sites for hydroxylation is 2. The van der Waals surface area contributed by atoms with Gasteiger partial charge in [0, 0.05) is 48.5 Å². The van der Waals surface area contributed by atoms with Crippen LogP contribution in [0.5, 0.6) is 5.75 Å². The van der Waals surface area contributed by atoms with E-state index in [1.54, 1.807) is 12.1 Å². The second-order valence-electron chi connectivity index (χ2n) is 12.5. The molecule has 1 aliphatic carbocycles. The molecule has 0 bridgehead atoms. The molecule has 7 rings (SSSR count). The van der Waals surface area contributed by atoms with Crippen molar-refractivity contribution in [3.63, 3.8) is 0 Å². The van der Waals surface area contributed by atoms with Gasteiger partial charge in [-0.15, -0.1) is 0 Å². The first-order valence-corrected chi connectivity index (χ1v) is 16.9. The first kappa shape index (κ1) is 33.1. The summed E-state index contributed by atoms with van der Waals surface area (Å²) in [5, 5.41) is 4.48. The number of fused-ring (bicyclic) bond motifs is 3. The lowest BCUT2D eigenvalue weighted by Gasteiger charge is -2.36. The Hall–Kier alpha value is -4.26. The van der Waals surface area contributed by atoms with Gasteiger partial charge in [0.1, 0.15) is 11.6 Å². The monoisotopic (exact) mass is 624 g/mol. The summed E-state index contributed by atoms with van der Waals surface area (Å²) < 4.78 is 18.1. The highest BCUT2D eigenvalue weighted by Gasteiger charge is 2.34. The zero-order valence-electron chi connectivity index (χ0n) is 27.7. The Kier molecular flexibility index (Phi) is 11.8. The van der Waals surface area contributed by atoms with Crippen molar-refractivity contribution in [1.82, 2.24) is 20.1 Å². The molecule has 0 radical (unpaired) electrons. The van der Waals surface area contributed by atoms with E-state index in [2.05, 4.69) is 70.5 Å². The highest BCUT2D eigenvalue weighted by molar-refractivity contribution is 5.87. The van der Waals surface area contributed by atoms with E-state index >= 15 is 0 Å². The molecule has 7 heteroatoms. The number of aromatic amines is 1. The van der Waals surface area contributed by atoms with E-state index in [1.807, 2.05) is 25.3 Å². The van der Waals surface area contributed by atoms with Crippen LogP contribution in [-0.2, 0) is 11.2 Å². The Morgan fingerprint density at radius 1 is 0.957 bits per heavy atom. The maximum atomic E-state index is 13.1. The van der Waals surface area contributed by atoms with Crippen molar-refractivity contribution < 1.29 is 13.9 Å². The number of hydrogen-bond acceptors (Lipinski definition) is 4. The highest BCUT2D eigenvalue weighted by atomic mass is 19.1. The smallest absolute Gasteiger partial charge is 0.223 e. The molecule has 46 heavy (non-hydrogen) atoms. The SMILES string of the molecule is C1CC1.CCCC(=O)N1CCc2c([nH]c3ccc(C)cc23)C1c1ccc(OCCCCN2C=CNC2)cc1.Cc1ccc(F)cc1.